The Morgan fingerprint density at radius 1 is 1.57 bits per heavy atom. The first-order valence-electron chi connectivity index (χ1n) is 2.03. The number of rotatable bonds is 0. The molecular formula is C3H8NO2S. The van der Waals surface area contributed by atoms with Crippen LogP contribution in [0.15, 0.2) is 0 Å². The molecule has 1 radical (unpaired) electrons. The molecule has 1 fully saturated rings. The molecule has 0 saturated carbocycles. The Kier molecular flexibility index (Phi) is 1.25. The molecule has 1 rings (SSSR count). The predicted molar refractivity (Wildman–Crippen MR) is 30.0 cm³/mol. The first-order valence-corrected chi connectivity index (χ1v) is 3.81. The fourth-order valence-corrected chi connectivity index (χ4v) is 1.38. The maximum absolute atomic E-state index is 8.72. The van der Waals surface area contributed by atoms with Gasteiger partial charge in [0.05, 0.1) is 5.75 Å². The van der Waals surface area contributed by atoms with Crippen LogP contribution in [0.1, 0.15) is 0 Å². The molecular weight excluding hydrogens is 114 g/mol. The topological polar surface area (TPSA) is 52.5 Å². The van der Waals surface area contributed by atoms with Gasteiger partial charge >= 0.3 is 0 Å². The summed E-state index contributed by atoms with van der Waals surface area (Å²) in [6.45, 7) is 0.697. The van der Waals surface area contributed by atoms with Crippen molar-refractivity contribution in [2.24, 2.45) is 0 Å². The zero-order chi connectivity index (χ0) is 5.33. The van der Waals surface area contributed by atoms with Crippen LogP contribution >= 0.6 is 10.6 Å². The third-order valence-electron chi connectivity index (χ3n) is 0.819. The Bertz CT molecular complexity index is 67.3. The lowest BCUT2D eigenvalue weighted by atomic mass is 10.8. The van der Waals surface area contributed by atoms with Crippen molar-refractivity contribution in [1.82, 2.24) is 5.32 Å². The summed E-state index contributed by atoms with van der Waals surface area (Å²) in [6.07, 6.45) is 0. The van der Waals surface area contributed by atoms with Crippen molar-refractivity contribution in [2.45, 2.75) is 0 Å². The maximum atomic E-state index is 8.72. The fraction of sp³-hybridized carbons (Fsp3) is 0.667. The van der Waals surface area contributed by atoms with Crippen molar-refractivity contribution in [1.29, 1.82) is 0 Å². The molecule has 0 aromatic rings. The van der Waals surface area contributed by atoms with E-state index >= 15 is 0 Å². The summed E-state index contributed by atoms with van der Waals surface area (Å²) in [5, 5.41) is 2.72. The highest BCUT2D eigenvalue weighted by molar-refractivity contribution is 8.26. The summed E-state index contributed by atoms with van der Waals surface area (Å²) in [7, 11) is -2.28. The van der Waals surface area contributed by atoms with E-state index in [1.54, 1.807) is 0 Å². The van der Waals surface area contributed by atoms with Crippen LogP contribution in [0, 0.1) is 5.88 Å². The van der Waals surface area contributed by atoms with Gasteiger partial charge in [-0.1, -0.05) is 0 Å². The molecule has 1 heterocycles. The largest absolute Gasteiger partial charge is 0.298 e. The van der Waals surface area contributed by atoms with E-state index in [1.165, 1.54) is 5.88 Å². The first-order chi connectivity index (χ1) is 3.21. The minimum absolute atomic E-state index is 0.479. The molecule has 0 aliphatic carbocycles. The molecule has 0 atom stereocenters. The monoisotopic (exact) mass is 122 g/mol. The van der Waals surface area contributed by atoms with Crippen LogP contribution in [0.4, 0.5) is 0 Å². The van der Waals surface area contributed by atoms with Crippen LogP contribution in [-0.2, 0) is 0 Å². The van der Waals surface area contributed by atoms with E-state index in [1.807, 2.05) is 0 Å². The number of hydrogen-bond acceptors (Lipinski definition) is 3. The second kappa shape index (κ2) is 1.63. The molecule has 43 valence electrons. The summed E-state index contributed by atoms with van der Waals surface area (Å²) >= 11 is 0. The lowest BCUT2D eigenvalue weighted by Crippen LogP contribution is -2.00. The quantitative estimate of drug-likeness (QED) is 0.437. The predicted octanol–water partition coefficient (Wildman–Crippen LogP) is 0.459. The molecule has 0 bridgehead atoms. The van der Waals surface area contributed by atoms with Gasteiger partial charge in [0.2, 0.25) is 0 Å². The summed E-state index contributed by atoms with van der Waals surface area (Å²) in [6, 6.07) is 0. The van der Waals surface area contributed by atoms with Crippen molar-refractivity contribution >= 4 is 10.6 Å². The molecule has 0 aromatic carbocycles. The Balaban J connectivity index is 2.40. The van der Waals surface area contributed by atoms with Crippen molar-refractivity contribution < 1.29 is 9.11 Å². The van der Waals surface area contributed by atoms with Crippen LogP contribution in [0.25, 0.3) is 0 Å². The van der Waals surface area contributed by atoms with Gasteiger partial charge in [0.15, 0.2) is 0 Å². The van der Waals surface area contributed by atoms with E-state index in [0.29, 0.717) is 12.3 Å². The van der Waals surface area contributed by atoms with E-state index in [0.717, 1.165) is 0 Å². The van der Waals surface area contributed by atoms with Gasteiger partial charge in [0.25, 0.3) is 0 Å². The maximum Gasteiger partial charge on any atom is 0.131 e. The van der Waals surface area contributed by atoms with Crippen molar-refractivity contribution in [3.8, 4) is 0 Å². The van der Waals surface area contributed by atoms with Crippen LogP contribution < -0.4 is 5.32 Å². The van der Waals surface area contributed by atoms with E-state index in [9.17, 15) is 0 Å². The molecule has 0 spiro atoms. The summed E-state index contributed by atoms with van der Waals surface area (Å²) < 4.78 is 17.4. The molecule has 1 saturated heterocycles. The molecule has 1 aliphatic heterocycles. The molecule has 7 heavy (non-hydrogen) atoms. The van der Waals surface area contributed by atoms with Crippen molar-refractivity contribution in [3.05, 3.63) is 5.88 Å². The van der Waals surface area contributed by atoms with Crippen molar-refractivity contribution in [2.75, 3.05) is 12.3 Å². The lowest BCUT2D eigenvalue weighted by molar-refractivity contribution is 0.500. The van der Waals surface area contributed by atoms with Gasteiger partial charge in [0, 0.05) is 6.54 Å². The molecule has 1 aliphatic rings. The number of hydrogen-bond donors (Lipinski definition) is 3. The number of nitrogens with one attached hydrogen (secondary N) is 1. The summed E-state index contributed by atoms with van der Waals surface area (Å²) in [4.78, 5) is 0. The van der Waals surface area contributed by atoms with E-state index in [2.05, 4.69) is 5.32 Å². The van der Waals surface area contributed by atoms with Crippen LogP contribution in [-0.4, -0.2) is 21.4 Å². The Hall–Kier alpha value is 0.230. The van der Waals surface area contributed by atoms with Gasteiger partial charge < -0.3 is 0 Å². The average Bonchev–Trinajstić information content (AvgIpc) is 1.84. The zero-order valence-corrected chi connectivity index (χ0v) is 4.61. The second-order valence-electron chi connectivity index (χ2n) is 1.49. The Morgan fingerprint density at radius 3 is 2.43 bits per heavy atom. The van der Waals surface area contributed by atoms with Gasteiger partial charge in [-0.3, -0.25) is 14.4 Å². The van der Waals surface area contributed by atoms with Gasteiger partial charge in [-0.05, 0) is 0 Å². The highest BCUT2D eigenvalue weighted by atomic mass is 32.3. The average molecular weight is 122 g/mol. The SMILES string of the molecule is OS1(O)[CH]NCC1. The Labute approximate surface area is 44.1 Å². The summed E-state index contributed by atoms with van der Waals surface area (Å²) in [5.74, 6) is 1.85. The van der Waals surface area contributed by atoms with Crippen molar-refractivity contribution in [3.63, 3.8) is 0 Å². The minimum Gasteiger partial charge on any atom is -0.298 e. The van der Waals surface area contributed by atoms with Gasteiger partial charge in [-0.15, -0.1) is 0 Å². The third-order valence-corrected chi connectivity index (χ3v) is 2.17. The highest BCUT2D eigenvalue weighted by Gasteiger charge is 2.17. The van der Waals surface area contributed by atoms with Crippen LogP contribution in [0.5, 0.6) is 0 Å². The fourth-order valence-electron chi connectivity index (χ4n) is 0.460. The lowest BCUT2D eigenvalue weighted by Gasteiger charge is -2.22. The molecule has 0 amide bonds. The van der Waals surface area contributed by atoms with Gasteiger partial charge in [-0.2, -0.15) is 10.6 Å². The zero-order valence-electron chi connectivity index (χ0n) is 3.79. The van der Waals surface area contributed by atoms with Crippen LogP contribution in [0.2, 0.25) is 0 Å². The van der Waals surface area contributed by atoms with Gasteiger partial charge in [-0.25, -0.2) is 0 Å². The van der Waals surface area contributed by atoms with Crippen LogP contribution in [0.3, 0.4) is 0 Å². The van der Waals surface area contributed by atoms with E-state index < -0.39 is 10.6 Å². The molecule has 3 N–H and O–H groups in total. The minimum atomic E-state index is -2.28. The highest BCUT2D eigenvalue weighted by Crippen LogP contribution is 2.42. The standard InChI is InChI=1S/C3H8NO2S/c5-7(6)2-1-4-3-7/h3-6H,1-2H2. The Morgan fingerprint density at radius 2 is 2.29 bits per heavy atom. The van der Waals surface area contributed by atoms with Gasteiger partial charge in [0.1, 0.15) is 5.88 Å². The molecule has 4 heteroatoms. The third kappa shape index (κ3) is 1.31. The normalized spacial score (nSPS) is 32.9. The first kappa shape index (κ1) is 5.37. The summed E-state index contributed by atoms with van der Waals surface area (Å²) in [5.41, 5.74) is 0. The molecule has 0 unspecified atom stereocenters. The second-order valence-corrected chi connectivity index (χ2v) is 3.57. The molecule has 0 aromatic heterocycles. The smallest absolute Gasteiger partial charge is 0.131 e. The molecule has 3 nitrogen and oxygen atoms in total. The van der Waals surface area contributed by atoms with E-state index in [4.69, 9.17) is 9.11 Å². The van der Waals surface area contributed by atoms with E-state index in [-0.39, 0.29) is 0 Å².